The van der Waals surface area contributed by atoms with Gasteiger partial charge in [0.1, 0.15) is 12.2 Å². The highest BCUT2D eigenvalue weighted by atomic mass is 16.5. The molecule has 1 rings (SSSR count). The lowest BCUT2D eigenvalue weighted by molar-refractivity contribution is -0.151. The van der Waals surface area contributed by atoms with E-state index < -0.39 is 5.60 Å². The van der Waals surface area contributed by atoms with E-state index in [1.165, 1.54) is 6.92 Å². The van der Waals surface area contributed by atoms with E-state index in [1.807, 2.05) is 0 Å². The highest BCUT2D eigenvalue weighted by molar-refractivity contribution is 5.66. The Morgan fingerprint density at radius 3 is 2.73 bits per heavy atom. The number of carbonyl (C=O) groups is 1. The van der Waals surface area contributed by atoms with E-state index in [1.54, 1.807) is 0 Å². The molecular weight excluding hydrogens is 144 g/mol. The largest absolute Gasteiger partial charge is 0.463 e. The number of ether oxygens (including phenoxy) is 1. The van der Waals surface area contributed by atoms with Gasteiger partial charge in [0.2, 0.25) is 0 Å². The Balaban J connectivity index is 2.27. The Kier molecular flexibility index (Phi) is 2.00. The summed E-state index contributed by atoms with van der Waals surface area (Å²) in [7, 11) is 0. The number of aliphatic hydroxyl groups is 1. The molecule has 0 unspecified atom stereocenters. The molecule has 0 saturated heterocycles. The maximum Gasteiger partial charge on any atom is 0.302 e. The molecule has 62 valence electrons. The Bertz CT molecular complexity index is 188. The fourth-order valence-corrected chi connectivity index (χ4v) is 1.22. The summed E-state index contributed by atoms with van der Waals surface area (Å²) in [5, 5.41) is 9.49. The molecule has 0 heterocycles. The first-order valence-corrected chi connectivity index (χ1v) is 3.54. The molecule has 1 aliphatic rings. The van der Waals surface area contributed by atoms with Gasteiger partial charge < -0.3 is 9.84 Å². The average molecular weight is 156 g/mol. The predicted octanol–water partition coefficient (Wildman–Crippen LogP) is 0.631. The van der Waals surface area contributed by atoms with Gasteiger partial charge in [0.05, 0.1) is 0 Å². The maximum absolute atomic E-state index is 10.4. The molecule has 1 saturated carbocycles. The van der Waals surface area contributed by atoms with E-state index in [-0.39, 0.29) is 12.6 Å². The quantitative estimate of drug-likeness (QED) is 0.471. The Morgan fingerprint density at radius 1 is 1.82 bits per heavy atom. The van der Waals surface area contributed by atoms with Gasteiger partial charge >= 0.3 is 5.97 Å². The topological polar surface area (TPSA) is 46.5 Å². The van der Waals surface area contributed by atoms with Gasteiger partial charge in [-0.15, -0.1) is 0 Å². The van der Waals surface area contributed by atoms with Crippen molar-refractivity contribution in [2.24, 2.45) is 0 Å². The molecule has 0 aliphatic heterocycles. The van der Waals surface area contributed by atoms with Gasteiger partial charge in [-0.25, -0.2) is 0 Å². The van der Waals surface area contributed by atoms with Gasteiger partial charge in [-0.05, 0) is 0 Å². The van der Waals surface area contributed by atoms with E-state index in [9.17, 15) is 9.90 Å². The van der Waals surface area contributed by atoms with Gasteiger partial charge in [0, 0.05) is 19.8 Å². The number of esters is 1. The second kappa shape index (κ2) is 2.66. The molecular formula is C8H12O3. The van der Waals surface area contributed by atoms with Gasteiger partial charge in [-0.1, -0.05) is 12.2 Å². The minimum Gasteiger partial charge on any atom is -0.463 e. The van der Waals surface area contributed by atoms with Crippen molar-refractivity contribution in [1.82, 2.24) is 0 Å². The molecule has 1 fully saturated rings. The average Bonchev–Trinajstić information content (AvgIpc) is 1.81. The summed E-state index contributed by atoms with van der Waals surface area (Å²) >= 11 is 0. The molecule has 1 N–H and O–H groups in total. The highest BCUT2D eigenvalue weighted by Crippen LogP contribution is 2.35. The molecule has 0 spiro atoms. The van der Waals surface area contributed by atoms with Crippen LogP contribution in [0.15, 0.2) is 12.2 Å². The molecule has 11 heavy (non-hydrogen) atoms. The predicted molar refractivity (Wildman–Crippen MR) is 40.0 cm³/mol. The first kappa shape index (κ1) is 8.27. The second-order valence-corrected chi connectivity index (χ2v) is 3.11. The molecule has 0 atom stereocenters. The standard InChI is InChI=1S/C8H12O3/c1-6-3-8(10,4-6)5-11-7(2)9/h10H,1,3-5H2,2H3. The van der Waals surface area contributed by atoms with E-state index in [4.69, 9.17) is 0 Å². The molecule has 3 heteroatoms. The Labute approximate surface area is 65.7 Å². The van der Waals surface area contributed by atoms with Crippen molar-refractivity contribution in [3.8, 4) is 0 Å². The normalized spacial score (nSPS) is 20.7. The minimum atomic E-state index is -0.817. The van der Waals surface area contributed by atoms with Crippen molar-refractivity contribution < 1.29 is 14.6 Å². The highest BCUT2D eigenvalue weighted by Gasteiger charge is 2.38. The van der Waals surface area contributed by atoms with E-state index in [2.05, 4.69) is 11.3 Å². The van der Waals surface area contributed by atoms with Crippen molar-refractivity contribution in [3.05, 3.63) is 12.2 Å². The van der Waals surface area contributed by atoms with Crippen LogP contribution in [0.2, 0.25) is 0 Å². The summed E-state index contributed by atoms with van der Waals surface area (Å²) in [5.74, 6) is -0.351. The van der Waals surface area contributed by atoms with Crippen LogP contribution in [-0.2, 0) is 9.53 Å². The third-order valence-electron chi connectivity index (χ3n) is 1.70. The Morgan fingerprint density at radius 2 is 2.36 bits per heavy atom. The van der Waals surface area contributed by atoms with Crippen LogP contribution in [-0.4, -0.2) is 23.3 Å². The lowest BCUT2D eigenvalue weighted by Crippen LogP contribution is -2.43. The molecule has 0 radical (unpaired) electrons. The van der Waals surface area contributed by atoms with Crippen molar-refractivity contribution >= 4 is 5.97 Å². The molecule has 0 aromatic carbocycles. The summed E-state index contributed by atoms with van der Waals surface area (Å²) in [5.41, 5.74) is 0.197. The SMILES string of the molecule is C=C1CC(O)(COC(C)=O)C1. The Hall–Kier alpha value is -0.830. The number of carbonyl (C=O) groups excluding carboxylic acids is 1. The number of rotatable bonds is 2. The number of hydrogen-bond donors (Lipinski definition) is 1. The summed E-state index contributed by atoms with van der Waals surface area (Å²) in [4.78, 5) is 10.4. The van der Waals surface area contributed by atoms with Crippen LogP contribution in [0.3, 0.4) is 0 Å². The molecule has 0 amide bonds. The van der Waals surface area contributed by atoms with E-state index >= 15 is 0 Å². The van der Waals surface area contributed by atoms with E-state index in [0.29, 0.717) is 12.8 Å². The molecule has 1 aliphatic carbocycles. The van der Waals surface area contributed by atoms with Gasteiger partial charge in [-0.2, -0.15) is 0 Å². The zero-order valence-electron chi connectivity index (χ0n) is 6.59. The first-order chi connectivity index (χ1) is 5.02. The van der Waals surface area contributed by atoms with Crippen molar-refractivity contribution in [2.75, 3.05) is 6.61 Å². The zero-order chi connectivity index (χ0) is 8.48. The summed E-state index contributed by atoms with van der Waals surface area (Å²) in [6, 6.07) is 0. The first-order valence-electron chi connectivity index (χ1n) is 3.54. The fraction of sp³-hybridized carbons (Fsp3) is 0.625. The lowest BCUT2D eigenvalue weighted by Gasteiger charge is -2.37. The van der Waals surface area contributed by atoms with Gasteiger partial charge in [-0.3, -0.25) is 4.79 Å². The van der Waals surface area contributed by atoms with Crippen LogP contribution in [0.1, 0.15) is 19.8 Å². The lowest BCUT2D eigenvalue weighted by atomic mass is 9.77. The summed E-state index contributed by atoms with van der Waals surface area (Å²) < 4.78 is 4.67. The van der Waals surface area contributed by atoms with Crippen LogP contribution in [0, 0.1) is 0 Å². The smallest absolute Gasteiger partial charge is 0.302 e. The summed E-state index contributed by atoms with van der Waals surface area (Å²) in [6.07, 6.45) is 1.11. The van der Waals surface area contributed by atoms with Crippen LogP contribution in [0.25, 0.3) is 0 Å². The summed E-state index contributed by atoms with van der Waals surface area (Å²) in [6.45, 7) is 5.11. The van der Waals surface area contributed by atoms with Crippen LogP contribution in [0.5, 0.6) is 0 Å². The van der Waals surface area contributed by atoms with E-state index in [0.717, 1.165) is 5.57 Å². The third-order valence-corrected chi connectivity index (χ3v) is 1.70. The number of hydrogen-bond acceptors (Lipinski definition) is 3. The maximum atomic E-state index is 10.4. The van der Waals surface area contributed by atoms with Crippen molar-refractivity contribution in [1.29, 1.82) is 0 Å². The second-order valence-electron chi connectivity index (χ2n) is 3.11. The molecule has 3 nitrogen and oxygen atoms in total. The van der Waals surface area contributed by atoms with Gasteiger partial charge in [0.15, 0.2) is 0 Å². The fourth-order valence-electron chi connectivity index (χ4n) is 1.22. The molecule has 0 aromatic rings. The van der Waals surface area contributed by atoms with Crippen LogP contribution >= 0.6 is 0 Å². The molecule has 0 bridgehead atoms. The minimum absolute atomic E-state index is 0.0986. The van der Waals surface area contributed by atoms with Gasteiger partial charge in [0.25, 0.3) is 0 Å². The van der Waals surface area contributed by atoms with Crippen molar-refractivity contribution in [3.63, 3.8) is 0 Å². The van der Waals surface area contributed by atoms with Crippen molar-refractivity contribution in [2.45, 2.75) is 25.4 Å². The zero-order valence-corrected chi connectivity index (χ0v) is 6.59. The molecule has 0 aromatic heterocycles. The van der Waals surface area contributed by atoms with Crippen LogP contribution < -0.4 is 0 Å². The monoisotopic (exact) mass is 156 g/mol. The third kappa shape index (κ3) is 2.05. The van der Waals surface area contributed by atoms with Crippen LogP contribution in [0.4, 0.5) is 0 Å².